The van der Waals surface area contributed by atoms with Crippen LogP contribution in [0.2, 0.25) is 0 Å². The molecule has 0 unspecified atom stereocenters. The summed E-state index contributed by atoms with van der Waals surface area (Å²) in [5.41, 5.74) is 5.77. The normalized spacial score (nSPS) is 13.7. The fourth-order valence-electron chi connectivity index (χ4n) is 3.56. The molecule has 0 aliphatic carbocycles. The van der Waals surface area contributed by atoms with E-state index in [1.54, 1.807) is 0 Å². The average molecular weight is 398 g/mol. The van der Waals surface area contributed by atoms with Gasteiger partial charge in [0.15, 0.2) is 0 Å². The predicted octanol–water partition coefficient (Wildman–Crippen LogP) is 5.20. The number of para-hydroxylation sites is 1. The van der Waals surface area contributed by atoms with Crippen molar-refractivity contribution < 1.29 is 14.3 Å². The molecule has 2 amide bonds. The number of rotatable bonds is 5. The Hall–Kier alpha value is -3.86. The molecule has 4 rings (SSSR count). The van der Waals surface area contributed by atoms with Crippen LogP contribution < -0.4 is 15.4 Å². The lowest BCUT2D eigenvalue weighted by atomic mass is 9.98. The van der Waals surface area contributed by atoms with Crippen molar-refractivity contribution in [3.8, 4) is 16.9 Å². The first-order chi connectivity index (χ1) is 14.5. The molecule has 5 nitrogen and oxygen atoms in total. The quantitative estimate of drug-likeness (QED) is 0.580. The van der Waals surface area contributed by atoms with E-state index in [-0.39, 0.29) is 11.8 Å². The molecule has 0 bridgehead atoms. The minimum absolute atomic E-state index is 0.112. The second-order valence-corrected chi connectivity index (χ2v) is 7.01. The van der Waals surface area contributed by atoms with Gasteiger partial charge < -0.3 is 15.4 Å². The molecule has 0 spiro atoms. The lowest BCUT2D eigenvalue weighted by Crippen LogP contribution is -2.05. The maximum atomic E-state index is 12.5. The summed E-state index contributed by atoms with van der Waals surface area (Å²) < 4.78 is 5.83. The van der Waals surface area contributed by atoms with E-state index in [9.17, 15) is 9.59 Å². The van der Waals surface area contributed by atoms with Gasteiger partial charge in [-0.25, -0.2) is 0 Å². The molecule has 0 aromatic heterocycles. The minimum atomic E-state index is -0.124. The van der Waals surface area contributed by atoms with E-state index < -0.39 is 0 Å². The highest BCUT2D eigenvalue weighted by molar-refractivity contribution is 6.34. The van der Waals surface area contributed by atoms with Crippen molar-refractivity contribution in [2.24, 2.45) is 0 Å². The number of fused-ring (bicyclic) bond motifs is 1. The van der Waals surface area contributed by atoms with Gasteiger partial charge in [0.05, 0.1) is 6.61 Å². The monoisotopic (exact) mass is 398 g/mol. The maximum absolute atomic E-state index is 12.5. The Morgan fingerprint density at radius 2 is 1.87 bits per heavy atom. The van der Waals surface area contributed by atoms with E-state index in [1.165, 1.54) is 6.92 Å². The van der Waals surface area contributed by atoms with E-state index in [2.05, 4.69) is 10.6 Å². The minimum Gasteiger partial charge on any atom is -0.493 e. The van der Waals surface area contributed by atoms with Crippen molar-refractivity contribution in [2.75, 3.05) is 17.2 Å². The number of amides is 2. The van der Waals surface area contributed by atoms with Crippen LogP contribution in [0.25, 0.3) is 22.8 Å². The third kappa shape index (κ3) is 3.96. The van der Waals surface area contributed by atoms with Crippen molar-refractivity contribution in [3.63, 3.8) is 0 Å². The van der Waals surface area contributed by atoms with E-state index in [1.807, 2.05) is 79.7 Å². The summed E-state index contributed by atoms with van der Waals surface area (Å²) in [6, 6.07) is 21.1. The van der Waals surface area contributed by atoms with Crippen molar-refractivity contribution >= 4 is 34.8 Å². The van der Waals surface area contributed by atoms with Crippen LogP contribution in [-0.4, -0.2) is 18.4 Å². The van der Waals surface area contributed by atoms with Gasteiger partial charge in [0.2, 0.25) is 5.91 Å². The highest BCUT2D eigenvalue weighted by Crippen LogP contribution is 2.36. The summed E-state index contributed by atoms with van der Waals surface area (Å²) >= 11 is 0. The number of ether oxygens (including phenoxy) is 1. The Labute approximate surface area is 175 Å². The zero-order chi connectivity index (χ0) is 21.1. The second kappa shape index (κ2) is 8.25. The van der Waals surface area contributed by atoms with Gasteiger partial charge >= 0.3 is 0 Å². The maximum Gasteiger partial charge on any atom is 0.256 e. The topological polar surface area (TPSA) is 67.4 Å². The standard InChI is InChI=1S/C25H22N2O3/c1-3-30-24-12-11-17(14-22-20-9-4-5-10-23(20)27-25(22)29)13-21(24)18-7-6-8-19(15-18)26-16(2)28/h4-15H,3H2,1-2H3,(H,26,28)(H,27,29)/b22-14-. The van der Waals surface area contributed by atoms with E-state index in [4.69, 9.17) is 4.74 Å². The third-order valence-corrected chi connectivity index (χ3v) is 4.82. The molecule has 0 fully saturated rings. The van der Waals surface area contributed by atoms with Crippen molar-refractivity contribution in [2.45, 2.75) is 13.8 Å². The summed E-state index contributed by atoms with van der Waals surface area (Å²) in [4.78, 5) is 23.9. The second-order valence-electron chi connectivity index (χ2n) is 7.01. The molecule has 1 aliphatic rings. The number of benzene rings is 3. The van der Waals surface area contributed by atoms with Gasteiger partial charge in [0.1, 0.15) is 5.75 Å². The van der Waals surface area contributed by atoms with Gasteiger partial charge in [0.25, 0.3) is 5.91 Å². The Morgan fingerprint density at radius 3 is 2.67 bits per heavy atom. The zero-order valence-electron chi connectivity index (χ0n) is 16.9. The molecule has 0 radical (unpaired) electrons. The van der Waals surface area contributed by atoms with Gasteiger partial charge in [-0.15, -0.1) is 0 Å². The summed E-state index contributed by atoms with van der Waals surface area (Å²) in [5.74, 6) is 0.511. The Bertz CT molecular complexity index is 1160. The molecular formula is C25H22N2O3. The molecular weight excluding hydrogens is 376 g/mol. The highest BCUT2D eigenvalue weighted by Gasteiger charge is 2.23. The van der Waals surface area contributed by atoms with E-state index in [0.29, 0.717) is 12.2 Å². The van der Waals surface area contributed by atoms with Crippen LogP contribution in [0.3, 0.4) is 0 Å². The number of hydrogen-bond donors (Lipinski definition) is 2. The van der Waals surface area contributed by atoms with Crippen LogP contribution in [-0.2, 0) is 9.59 Å². The molecule has 3 aromatic carbocycles. The number of carbonyl (C=O) groups excluding carboxylic acids is 2. The smallest absolute Gasteiger partial charge is 0.256 e. The van der Waals surface area contributed by atoms with Gasteiger partial charge in [-0.3, -0.25) is 9.59 Å². The Morgan fingerprint density at radius 1 is 1.03 bits per heavy atom. The fraction of sp³-hybridized carbons (Fsp3) is 0.120. The first-order valence-corrected chi connectivity index (χ1v) is 9.82. The van der Waals surface area contributed by atoms with Crippen LogP contribution in [0.5, 0.6) is 5.75 Å². The van der Waals surface area contributed by atoms with Crippen LogP contribution in [0.15, 0.2) is 66.7 Å². The third-order valence-electron chi connectivity index (χ3n) is 4.82. The number of anilines is 2. The summed E-state index contributed by atoms with van der Waals surface area (Å²) in [5, 5.41) is 5.71. The molecule has 2 N–H and O–H groups in total. The number of carbonyl (C=O) groups is 2. The van der Waals surface area contributed by atoms with Crippen molar-refractivity contribution in [1.29, 1.82) is 0 Å². The van der Waals surface area contributed by atoms with Gasteiger partial charge in [-0.05, 0) is 54.5 Å². The molecule has 5 heteroatoms. The molecule has 0 saturated carbocycles. The predicted molar refractivity (Wildman–Crippen MR) is 120 cm³/mol. The van der Waals surface area contributed by atoms with Gasteiger partial charge in [-0.1, -0.05) is 36.4 Å². The SMILES string of the molecule is CCOc1ccc(/C=C2\C(=O)Nc3ccccc32)cc1-c1cccc(NC(C)=O)c1. The molecule has 3 aromatic rings. The van der Waals surface area contributed by atoms with E-state index in [0.717, 1.165) is 39.4 Å². The van der Waals surface area contributed by atoms with Crippen LogP contribution in [0.1, 0.15) is 25.0 Å². The Balaban J connectivity index is 1.78. The van der Waals surface area contributed by atoms with Gasteiger partial charge in [0, 0.05) is 35.0 Å². The molecule has 150 valence electrons. The molecule has 1 aliphatic heterocycles. The molecule has 0 atom stereocenters. The average Bonchev–Trinajstić information content (AvgIpc) is 3.04. The highest BCUT2D eigenvalue weighted by atomic mass is 16.5. The first kappa shape index (κ1) is 19.5. The Kier molecular flexibility index (Phi) is 5.35. The lowest BCUT2D eigenvalue weighted by Gasteiger charge is -2.13. The summed E-state index contributed by atoms with van der Waals surface area (Å²) in [6.07, 6.45) is 1.89. The summed E-state index contributed by atoms with van der Waals surface area (Å²) in [7, 11) is 0. The number of nitrogens with one attached hydrogen (secondary N) is 2. The molecule has 1 heterocycles. The first-order valence-electron chi connectivity index (χ1n) is 9.82. The van der Waals surface area contributed by atoms with Crippen LogP contribution >= 0.6 is 0 Å². The fourth-order valence-corrected chi connectivity index (χ4v) is 3.56. The van der Waals surface area contributed by atoms with Crippen LogP contribution in [0.4, 0.5) is 11.4 Å². The largest absolute Gasteiger partial charge is 0.493 e. The molecule has 0 saturated heterocycles. The summed E-state index contributed by atoms with van der Waals surface area (Å²) in [6.45, 7) is 3.96. The molecule has 30 heavy (non-hydrogen) atoms. The number of hydrogen-bond acceptors (Lipinski definition) is 3. The van der Waals surface area contributed by atoms with Crippen LogP contribution in [0, 0.1) is 0 Å². The van der Waals surface area contributed by atoms with Gasteiger partial charge in [-0.2, -0.15) is 0 Å². The van der Waals surface area contributed by atoms with E-state index >= 15 is 0 Å². The van der Waals surface area contributed by atoms with Crippen molar-refractivity contribution in [3.05, 3.63) is 77.9 Å². The lowest BCUT2D eigenvalue weighted by molar-refractivity contribution is -0.114. The zero-order valence-corrected chi connectivity index (χ0v) is 16.9. The van der Waals surface area contributed by atoms with Crippen molar-refractivity contribution in [1.82, 2.24) is 0 Å².